The van der Waals surface area contributed by atoms with Crippen molar-refractivity contribution in [1.82, 2.24) is 20.1 Å². The molecule has 0 saturated heterocycles. The standard InChI is InChI=1S/C20H19BrN4O3S2/c1-30(27,28)20(5-6-20)15-4-7-25(24-15)17(26)23-19-9-18(10-19,11-19)16-22-13-8-12(21)2-3-14(13)29-16/h2-4,7-8H,5-6,9-11H2,1H3,(H,23,26). The minimum Gasteiger partial charge on any atom is -0.331 e. The molecule has 0 unspecified atom stereocenters. The Kier molecular flexibility index (Phi) is 3.61. The third-order valence-corrected chi connectivity index (χ3v) is 10.7. The number of carbonyl (C=O) groups excluding carboxylic acids is 1. The fraction of sp³-hybridized carbons (Fsp3) is 0.450. The zero-order valence-electron chi connectivity index (χ0n) is 16.2. The minimum atomic E-state index is -3.25. The van der Waals surface area contributed by atoms with Gasteiger partial charge in [-0.05, 0) is 56.4 Å². The smallest absolute Gasteiger partial charge is 0.331 e. The van der Waals surface area contributed by atoms with Crippen LogP contribution in [0.25, 0.3) is 10.2 Å². The first-order valence-electron chi connectivity index (χ1n) is 9.79. The lowest BCUT2D eigenvalue weighted by Crippen LogP contribution is -2.77. The van der Waals surface area contributed by atoms with Crippen LogP contribution in [0.1, 0.15) is 42.8 Å². The molecule has 1 aromatic carbocycles. The van der Waals surface area contributed by atoms with Crippen molar-refractivity contribution in [2.45, 2.75) is 47.8 Å². The van der Waals surface area contributed by atoms with Crippen molar-refractivity contribution >= 4 is 53.4 Å². The average molecular weight is 507 g/mol. The van der Waals surface area contributed by atoms with Crippen LogP contribution >= 0.6 is 27.3 Å². The first kappa shape index (κ1) is 18.9. The van der Waals surface area contributed by atoms with E-state index < -0.39 is 14.6 Å². The number of nitrogens with zero attached hydrogens (tertiary/aromatic N) is 3. The van der Waals surface area contributed by atoms with Gasteiger partial charge in [-0.25, -0.2) is 18.2 Å². The Morgan fingerprint density at radius 3 is 2.63 bits per heavy atom. The second-order valence-electron chi connectivity index (χ2n) is 9.06. The van der Waals surface area contributed by atoms with Gasteiger partial charge in [-0.3, -0.25) is 0 Å². The molecule has 7 rings (SSSR count). The Bertz CT molecular complexity index is 1320. The van der Waals surface area contributed by atoms with E-state index in [1.807, 2.05) is 12.1 Å². The summed E-state index contributed by atoms with van der Waals surface area (Å²) in [6.45, 7) is 0. The summed E-state index contributed by atoms with van der Waals surface area (Å²) in [5.41, 5.74) is 1.36. The molecule has 156 valence electrons. The van der Waals surface area contributed by atoms with E-state index in [0.29, 0.717) is 18.5 Å². The molecule has 30 heavy (non-hydrogen) atoms. The fourth-order valence-electron chi connectivity index (χ4n) is 5.17. The number of thiazole rings is 1. The van der Waals surface area contributed by atoms with E-state index in [4.69, 9.17) is 4.98 Å². The zero-order chi connectivity index (χ0) is 20.9. The van der Waals surface area contributed by atoms with E-state index in [1.165, 1.54) is 15.6 Å². The number of rotatable bonds is 4. The van der Waals surface area contributed by atoms with Gasteiger partial charge in [-0.1, -0.05) is 15.9 Å². The highest BCUT2D eigenvalue weighted by atomic mass is 79.9. The molecule has 4 saturated carbocycles. The number of aromatic nitrogens is 3. The molecule has 2 heterocycles. The highest BCUT2D eigenvalue weighted by Crippen LogP contribution is 2.68. The summed E-state index contributed by atoms with van der Waals surface area (Å²) < 4.78 is 26.7. The summed E-state index contributed by atoms with van der Waals surface area (Å²) in [6.07, 6.45) is 6.57. The van der Waals surface area contributed by atoms with E-state index in [9.17, 15) is 13.2 Å². The lowest BCUT2D eigenvalue weighted by atomic mass is 9.39. The Labute approximate surface area is 185 Å². The molecule has 0 radical (unpaired) electrons. The third-order valence-electron chi connectivity index (χ3n) is 6.88. The van der Waals surface area contributed by atoms with Gasteiger partial charge in [0.05, 0.1) is 15.9 Å². The quantitative estimate of drug-likeness (QED) is 0.581. The van der Waals surface area contributed by atoms with Crippen molar-refractivity contribution < 1.29 is 13.2 Å². The van der Waals surface area contributed by atoms with Crippen molar-refractivity contribution in [3.8, 4) is 0 Å². The Balaban J connectivity index is 1.16. The van der Waals surface area contributed by atoms with Gasteiger partial charge in [0, 0.05) is 27.9 Å². The third kappa shape index (κ3) is 2.53. The first-order valence-corrected chi connectivity index (χ1v) is 13.3. The average Bonchev–Trinajstić information content (AvgIpc) is 3.11. The van der Waals surface area contributed by atoms with Crippen molar-refractivity contribution in [1.29, 1.82) is 0 Å². The van der Waals surface area contributed by atoms with Gasteiger partial charge in [-0.15, -0.1) is 11.3 Å². The van der Waals surface area contributed by atoms with E-state index in [1.54, 1.807) is 23.6 Å². The highest BCUT2D eigenvalue weighted by molar-refractivity contribution is 9.10. The van der Waals surface area contributed by atoms with Crippen LogP contribution in [-0.4, -0.2) is 41.0 Å². The maximum Gasteiger partial charge on any atom is 0.342 e. The van der Waals surface area contributed by atoms with Gasteiger partial charge in [0.1, 0.15) is 9.75 Å². The van der Waals surface area contributed by atoms with Crippen LogP contribution in [0.4, 0.5) is 4.79 Å². The summed E-state index contributed by atoms with van der Waals surface area (Å²) in [5, 5.41) is 8.56. The molecule has 7 nitrogen and oxygen atoms in total. The molecular formula is C20H19BrN4O3S2. The molecular weight excluding hydrogens is 488 g/mol. The number of sulfone groups is 1. The lowest BCUT2D eigenvalue weighted by molar-refractivity contribution is -0.0788. The largest absolute Gasteiger partial charge is 0.342 e. The van der Waals surface area contributed by atoms with Crippen LogP contribution in [-0.2, 0) is 20.0 Å². The zero-order valence-corrected chi connectivity index (χ0v) is 19.4. The van der Waals surface area contributed by atoms with Gasteiger partial charge in [0.25, 0.3) is 0 Å². The van der Waals surface area contributed by atoms with Crippen LogP contribution in [0.15, 0.2) is 34.9 Å². The summed E-state index contributed by atoms with van der Waals surface area (Å²) in [4.78, 5) is 17.6. The number of hydrogen-bond donors (Lipinski definition) is 1. The molecule has 2 aromatic heterocycles. The second-order valence-corrected chi connectivity index (χ2v) is 13.3. The van der Waals surface area contributed by atoms with E-state index in [2.05, 4.69) is 32.4 Å². The van der Waals surface area contributed by atoms with Crippen LogP contribution in [0.3, 0.4) is 0 Å². The molecule has 4 aliphatic carbocycles. The first-order chi connectivity index (χ1) is 14.1. The van der Waals surface area contributed by atoms with Crippen molar-refractivity contribution in [3.63, 3.8) is 0 Å². The Morgan fingerprint density at radius 2 is 1.97 bits per heavy atom. The van der Waals surface area contributed by atoms with Gasteiger partial charge in [0.15, 0.2) is 9.84 Å². The van der Waals surface area contributed by atoms with Gasteiger partial charge < -0.3 is 5.32 Å². The number of amides is 1. The molecule has 1 N–H and O–H groups in total. The SMILES string of the molecule is CS(=O)(=O)C1(c2ccn(C(=O)NC34CC(c5nc6cc(Br)ccc6s5)(C3)C4)n2)CC1. The normalized spacial score (nSPS) is 28.6. The highest BCUT2D eigenvalue weighted by Gasteiger charge is 2.70. The minimum absolute atomic E-state index is 0.0765. The maximum atomic E-state index is 12.7. The number of halogens is 1. The lowest BCUT2D eigenvalue weighted by Gasteiger charge is -2.69. The molecule has 2 bridgehead atoms. The summed E-state index contributed by atoms with van der Waals surface area (Å²) >= 11 is 5.23. The van der Waals surface area contributed by atoms with Gasteiger partial charge in [0.2, 0.25) is 0 Å². The topological polar surface area (TPSA) is 94.0 Å². The van der Waals surface area contributed by atoms with Crippen molar-refractivity contribution in [2.75, 3.05) is 6.26 Å². The molecule has 10 heteroatoms. The van der Waals surface area contributed by atoms with E-state index >= 15 is 0 Å². The number of carbonyl (C=O) groups is 1. The van der Waals surface area contributed by atoms with Crippen LogP contribution in [0.2, 0.25) is 0 Å². The number of hydrogen-bond acceptors (Lipinski definition) is 6. The van der Waals surface area contributed by atoms with Crippen LogP contribution < -0.4 is 5.32 Å². The molecule has 0 spiro atoms. The molecule has 1 amide bonds. The number of benzene rings is 1. The van der Waals surface area contributed by atoms with Gasteiger partial charge in [-0.2, -0.15) is 9.78 Å². The summed E-state index contributed by atoms with van der Waals surface area (Å²) in [7, 11) is -3.25. The summed E-state index contributed by atoms with van der Waals surface area (Å²) in [5.74, 6) is 0. The fourth-order valence-corrected chi connectivity index (χ4v) is 7.98. The number of fused-ring (bicyclic) bond motifs is 1. The molecule has 0 aliphatic heterocycles. The molecule has 4 fully saturated rings. The van der Waals surface area contributed by atoms with Crippen molar-refractivity contribution in [3.05, 3.63) is 45.6 Å². The predicted octanol–water partition coefficient (Wildman–Crippen LogP) is 3.72. The molecule has 0 atom stereocenters. The monoisotopic (exact) mass is 506 g/mol. The van der Waals surface area contributed by atoms with E-state index in [0.717, 1.165) is 34.3 Å². The molecule has 4 aliphatic rings. The number of nitrogens with one attached hydrogen (secondary N) is 1. The maximum absolute atomic E-state index is 12.7. The van der Waals surface area contributed by atoms with Gasteiger partial charge >= 0.3 is 6.03 Å². The molecule has 3 aromatic rings. The second kappa shape index (κ2) is 5.72. The summed E-state index contributed by atoms with van der Waals surface area (Å²) in [6, 6.07) is 7.50. The van der Waals surface area contributed by atoms with Crippen LogP contribution in [0, 0.1) is 0 Å². The predicted molar refractivity (Wildman–Crippen MR) is 117 cm³/mol. The Hall–Kier alpha value is -1.78. The van der Waals surface area contributed by atoms with Crippen molar-refractivity contribution in [2.24, 2.45) is 0 Å². The Morgan fingerprint density at radius 1 is 1.23 bits per heavy atom. The van der Waals surface area contributed by atoms with E-state index in [-0.39, 0.29) is 17.0 Å². The van der Waals surface area contributed by atoms with Crippen LogP contribution in [0.5, 0.6) is 0 Å².